The molecule has 1 fully saturated rings. The summed E-state index contributed by atoms with van der Waals surface area (Å²) in [5.41, 5.74) is -0.539. The SMILES string of the molecule is CC1CC[C@H](O[Si](C)(C)C(C)(C)C)[C@](C)(CO[Si](C)(C)C(C)(C)C)C1=O. The van der Waals surface area contributed by atoms with Gasteiger partial charge in [-0.25, -0.2) is 0 Å². The van der Waals surface area contributed by atoms with E-state index in [-0.39, 0.29) is 22.1 Å². The number of Topliss-reactive ketones (excluding diaryl/α,β-unsaturated/α-hetero) is 1. The van der Waals surface area contributed by atoms with Gasteiger partial charge in [-0.15, -0.1) is 0 Å². The van der Waals surface area contributed by atoms with Gasteiger partial charge in [0.15, 0.2) is 16.6 Å². The van der Waals surface area contributed by atoms with Crippen LogP contribution >= 0.6 is 0 Å². The lowest BCUT2D eigenvalue weighted by Gasteiger charge is -2.49. The molecule has 26 heavy (non-hydrogen) atoms. The largest absolute Gasteiger partial charge is 0.416 e. The Bertz CT molecular complexity index is 514. The van der Waals surface area contributed by atoms with Crippen molar-refractivity contribution in [1.29, 1.82) is 0 Å². The van der Waals surface area contributed by atoms with E-state index in [9.17, 15) is 4.79 Å². The summed E-state index contributed by atoms with van der Waals surface area (Å²) in [6.45, 7) is 27.3. The molecule has 0 aromatic rings. The zero-order valence-corrected chi connectivity index (χ0v) is 21.5. The molecule has 1 unspecified atom stereocenters. The molecule has 0 heterocycles. The summed E-state index contributed by atoms with van der Waals surface area (Å²) < 4.78 is 13.3. The van der Waals surface area contributed by atoms with Crippen molar-refractivity contribution in [3.63, 3.8) is 0 Å². The molecule has 0 N–H and O–H groups in total. The average molecular weight is 401 g/mol. The van der Waals surface area contributed by atoms with Crippen molar-refractivity contribution in [3.05, 3.63) is 0 Å². The molecule has 0 bridgehead atoms. The maximum Gasteiger partial charge on any atom is 0.192 e. The minimum atomic E-state index is -1.94. The highest BCUT2D eigenvalue weighted by Crippen LogP contribution is 2.46. The second kappa shape index (κ2) is 7.45. The van der Waals surface area contributed by atoms with Crippen LogP contribution in [0.5, 0.6) is 0 Å². The third kappa shape index (κ3) is 4.89. The fraction of sp³-hybridized carbons (Fsp3) is 0.952. The lowest BCUT2D eigenvalue weighted by molar-refractivity contribution is -0.146. The maximum absolute atomic E-state index is 13.2. The van der Waals surface area contributed by atoms with Gasteiger partial charge >= 0.3 is 0 Å². The summed E-state index contributed by atoms with van der Waals surface area (Å²) in [5.74, 6) is 0.424. The Morgan fingerprint density at radius 1 is 0.962 bits per heavy atom. The molecule has 154 valence electrons. The molecule has 3 nitrogen and oxygen atoms in total. The van der Waals surface area contributed by atoms with Gasteiger partial charge in [-0.3, -0.25) is 4.79 Å². The van der Waals surface area contributed by atoms with Crippen LogP contribution in [0.25, 0.3) is 0 Å². The Balaban J connectivity index is 3.11. The van der Waals surface area contributed by atoms with E-state index in [4.69, 9.17) is 8.85 Å². The first-order chi connectivity index (χ1) is 11.4. The van der Waals surface area contributed by atoms with Crippen molar-refractivity contribution >= 4 is 22.4 Å². The molecule has 1 aliphatic carbocycles. The highest BCUT2D eigenvalue weighted by molar-refractivity contribution is 6.74. The van der Waals surface area contributed by atoms with Crippen molar-refractivity contribution in [3.8, 4) is 0 Å². The van der Waals surface area contributed by atoms with Gasteiger partial charge in [0.1, 0.15) is 5.78 Å². The van der Waals surface area contributed by atoms with Gasteiger partial charge in [0.25, 0.3) is 0 Å². The van der Waals surface area contributed by atoms with E-state index in [1.807, 2.05) is 0 Å². The second-order valence-corrected chi connectivity index (χ2v) is 21.2. The quantitative estimate of drug-likeness (QED) is 0.501. The molecule has 0 aliphatic heterocycles. The fourth-order valence-electron chi connectivity index (χ4n) is 3.00. The Morgan fingerprint density at radius 3 is 1.85 bits per heavy atom. The van der Waals surface area contributed by atoms with Crippen molar-refractivity contribution in [2.75, 3.05) is 6.61 Å². The van der Waals surface area contributed by atoms with Crippen LogP contribution in [-0.4, -0.2) is 35.1 Å². The first-order valence-corrected chi connectivity index (χ1v) is 16.0. The van der Waals surface area contributed by atoms with Gasteiger partial charge in [0, 0.05) is 12.5 Å². The fourth-order valence-corrected chi connectivity index (χ4v) is 5.54. The number of rotatable bonds is 5. The summed E-state index contributed by atoms with van der Waals surface area (Å²) in [6, 6.07) is 0. The van der Waals surface area contributed by atoms with Crippen molar-refractivity contribution in [2.45, 2.75) is 111 Å². The molecule has 0 radical (unpaired) electrons. The molecule has 0 amide bonds. The Morgan fingerprint density at radius 2 is 1.42 bits per heavy atom. The summed E-state index contributed by atoms with van der Waals surface area (Å²) in [4.78, 5) is 13.2. The van der Waals surface area contributed by atoms with Crippen LogP contribution in [0.4, 0.5) is 0 Å². The van der Waals surface area contributed by atoms with Gasteiger partial charge < -0.3 is 8.85 Å². The Kier molecular flexibility index (Phi) is 6.90. The van der Waals surface area contributed by atoms with Crippen LogP contribution in [0.2, 0.25) is 36.3 Å². The van der Waals surface area contributed by atoms with E-state index in [1.165, 1.54) is 0 Å². The highest BCUT2D eigenvalue weighted by Gasteiger charge is 2.52. The number of hydrogen-bond acceptors (Lipinski definition) is 3. The standard InChI is InChI=1S/C21H44O3Si2/c1-16-13-14-17(24-26(11,12)20(5,6)7)21(8,18(16)22)15-23-25(9,10)19(2,3)4/h16-17H,13-15H2,1-12H3/t16?,17-,21-/m0/s1. The number of carbonyl (C=O) groups is 1. The van der Waals surface area contributed by atoms with E-state index in [0.29, 0.717) is 12.4 Å². The predicted molar refractivity (Wildman–Crippen MR) is 117 cm³/mol. The van der Waals surface area contributed by atoms with E-state index in [1.54, 1.807) is 0 Å². The van der Waals surface area contributed by atoms with E-state index in [2.05, 4.69) is 81.6 Å². The lowest BCUT2D eigenvalue weighted by atomic mass is 9.69. The van der Waals surface area contributed by atoms with Crippen LogP contribution in [0.15, 0.2) is 0 Å². The van der Waals surface area contributed by atoms with Crippen LogP contribution in [0.3, 0.4) is 0 Å². The van der Waals surface area contributed by atoms with Gasteiger partial charge in [-0.2, -0.15) is 0 Å². The molecule has 1 saturated carbocycles. The number of hydrogen-bond donors (Lipinski definition) is 0. The average Bonchev–Trinajstić information content (AvgIpc) is 2.44. The minimum Gasteiger partial charge on any atom is -0.416 e. The molecular formula is C21H44O3Si2. The Hall–Kier alpha value is 0.0238. The van der Waals surface area contributed by atoms with E-state index in [0.717, 1.165) is 12.8 Å². The van der Waals surface area contributed by atoms with Crippen molar-refractivity contribution in [1.82, 2.24) is 0 Å². The zero-order chi connectivity index (χ0) is 20.8. The molecule has 0 spiro atoms. The first-order valence-electron chi connectivity index (χ1n) is 10.2. The van der Waals surface area contributed by atoms with E-state index >= 15 is 0 Å². The molecule has 0 aromatic heterocycles. The molecule has 1 rings (SSSR count). The van der Waals surface area contributed by atoms with E-state index < -0.39 is 22.0 Å². The van der Waals surface area contributed by atoms with Crippen LogP contribution in [0, 0.1) is 11.3 Å². The van der Waals surface area contributed by atoms with Crippen LogP contribution in [-0.2, 0) is 13.6 Å². The molecule has 0 aromatic carbocycles. The van der Waals surface area contributed by atoms with Gasteiger partial charge in [-0.05, 0) is 56.0 Å². The number of carbonyl (C=O) groups excluding carboxylic acids is 1. The summed E-state index contributed by atoms with van der Waals surface area (Å²) >= 11 is 0. The zero-order valence-electron chi connectivity index (χ0n) is 19.5. The monoisotopic (exact) mass is 400 g/mol. The predicted octanol–water partition coefficient (Wildman–Crippen LogP) is 6.40. The Labute approximate surface area is 164 Å². The smallest absolute Gasteiger partial charge is 0.192 e. The van der Waals surface area contributed by atoms with Crippen LogP contribution in [0.1, 0.15) is 68.2 Å². The maximum atomic E-state index is 13.2. The summed E-state index contributed by atoms with van der Waals surface area (Å²) in [6.07, 6.45) is 1.85. The molecule has 0 saturated heterocycles. The minimum absolute atomic E-state index is 0.0307. The summed E-state index contributed by atoms with van der Waals surface area (Å²) in [5, 5.41) is 0.281. The molecule has 1 aliphatic rings. The first kappa shape index (κ1) is 24.1. The highest BCUT2D eigenvalue weighted by atomic mass is 28.4. The molecular weight excluding hydrogens is 356 g/mol. The number of ketones is 1. The van der Waals surface area contributed by atoms with Gasteiger partial charge in [0.2, 0.25) is 0 Å². The van der Waals surface area contributed by atoms with Gasteiger partial charge in [-0.1, -0.05) is 48.5 Å². The lowest BCUT2D eigenvalue weighted by Crippen LogP contribution is -2.57. The van der Waals surface area contributed by atoms with Crippen molar-refractivity contribution in [2.24, 2.45) is 11.3 Å². The normalized spacial score (nSPS) is 29.2. The topological polar surface area (TPSA) is 35.5 Å². The second-order valence-electron chi connectivity index (χ2n) is 11.7. The van der Waals surface area contributed by atoms with Crippen molar-refractivity contribution < 1.29 is 13.6 Å². The van der Waals surface area contributed by atoms with Crippen LogP contribution < -0.4 is 0 Å². The summed E-state index contributed by atoms with van der Waals surface area (Å²) in [7, 11) is -3.85. The third-order valence-electron chi connectivity index (χ3n) is 7.37. The molecule has 3 atom stereocenters. The van der Waals surface area contributed by atoms with Gasteiger partial charge in [0.05, 0.1) is 11.5 Å². The molecule has 5 heteroatoms. The third-order valence-corrected chi connectivity index (χ3v) is 16.3.